The van der Waals surface area contributed by atoms with Crippen molar-refractivity contribution in [2.24, 2.45) is 0 Å². The molecule has 94 valence electrons. The van der Waals surface area contributed by atoms with Gasteiger partial charge in [-0.3, -0.25) is 4.98 Å². The lowest BCUT2D eigenvalue weighted by molar-refractivity contribution is 0.0873. The van der Waals surface area contributed by atoms with Gasteiger partial charge in [0.15, 0.2) is 0 Å². The van der Waals surface area contributed by atoms with E-state index in [2.05, 4.69) is 15.3 Å². The molecular formula is C12H19N3OS. The molecule has 0 aliphatic carbocycles. The van der Waals surface area contributed by atoms with Gasteiger partial charge in [0.25, 0.3) is 0 Å². The first-order chi connectivity index (χ1) is 8.40. The third-order valence-electron chi connectivity index (χ3n) is 2.90. The van der Waals surface area contributed by atoms with E-state index in [1.54, 1.807) is 24.2 Å². The fraction of sp³-hybridized carbons (Fsp3) is 0.667. The van der Waals surface area contributed by atoms with Crippen molar-refractivity contribution in [2.45, 2.75) is 36.9 Å². The number of hydrogen-bond donors (Lipinski definition) is 1. The van der Waals surface area contributed by atoms with Crippen molar-refractivity contribution >= 4 is 11.8 Å². The van der Waals surface area contributed by atoms with E-state index in [0.29, 0.717) is 12.6 Å². The van der Waals surface area contributed by atoms with Gasteiger partial charge >= 0.3 is 0 Å². The van der Waals surface area contributed by atoms with Crippen molar-refractivity contribution < 1.29 is 4.74 Å². The molecule has 0 radical (unpaired) electrons. The maximum atomic E-state index is 5.72. The molecule has 2 rings (SSSR count). The maximum absolute atomic E-state index is 5.72. The van der Waals surface area contributed by atoms with Gasteiger partial charge in [-0.15, -0.1) is 11.8 Å². The van der Waals surface area contributed by atoms with Crippen LogP contribution in [0.3, 0.4) is 0 Å². The summed E-state index contributed by atoms with van der Waals surface area (Å²) < 4.78 is 5.72. The molecule has 0 aromatic carbocycles. The Morgan fingerprint density at radius 2 is 2.29 bits per heavy atom. The maximum Gasteiger partial charge on any atom is 0.120 e. The lowest BCUT2D eigenvalue weighted by Gasteiger charge is -2.23. The zero-order valence-corrected chi connectivity index (χ0v) is 11.0. The summed E-state index contributed by atoms with van der Waals surface area (Å²) in [6, 6.07) is 0.512. The van der Waals surface area contributed by atoms with E-state index in [1.807, 2.05) is 6.26 Å². The van der Waals surface area contributed by atoms with Crippen LogP contribution in [0.2, 0.25) is 0 Å². The first-order valence-corrected chi connectivity index (χ1v) is 7.27. The minimum absolute atomic E-state index is 0.512. The minimum Gasteiger partial charge on any atom is -0.373 e. The Kier molecular flexibility index (Phi) is 5.22. The summed E-state index contributed by atoms with van der Waals surface area (Å²) in [5.41, 5.74) is 0.941. The number of nitrogens with zero attached hydrogens (tertiary/aromatic N) is 2. The van der Waals surface area contributed by atoms with Crippen molar-refractivity contribution in [3.05, 3.63) is 18.1 Å². The Bertz CT molecular complexity index is 342. The number of thioether (sulfide) groups is 1. The molecule has 2 heterocycles. The van der Waals surface area contributed by atoms with Gasteiger partial charge in [-0.05, 0) is 25.6 Å². The zero-order chi connectivity index (χ0) is 11.9. The van der Waals surface area contributed by atoms with Crippen LogP contribution in [0.4, 0.5) is 0 Å². The molecular weight excluding hydrogens is 234 g/mol. The second-order valence-electron chi connectivity index (χ2n) is 4.17. The largest absolute Gasteiger partial charge is 0.373 e. The third-order valence-corrected chi connectivity index (χ3v) is 3.63. The van der Waals surface area contributed by atoms with E-state index in [0.717, 1.165) is 23.9 Å². The van der Waals surface area contributed by atoms with E-state index in [4.69, 9.17) is 4.74 Å². The number of nitrogens with one attached hydrogen (secondary N) is 1. The topological polar surface area (TPSA) is 47.0 Å². The summed E-state index contributed by atoms with van der Waals surface area (Å²) >= 11 is 1.61. The van der Waals surface area contributed by atoms with Gasteiger partial charge in [-0.1, -0.05) is 6.42 Å². The summed E-state index contributed by atoms with van der Waals surface area (Å²) in [6.07, 6.45) is 9.26. The summed E-state index contributed by atoms with van der Waals surface area (Å²) in [6.45, 7) is 2.45. The molecule has 1 unspecified atom stereocenters. The number of hydrogen-bond acceptors (Lipinski definition) is 5. The Labute approximate surface area is 107 Å². The third kappa shape index (κ3) is 3.94. The second-order valence-corrected chi connectivity index (χ2v) is 4.97. The van der Waals surface area contributed by atoms with Crippen LogP contribution in [-0.2, 0) is 11.3 Å². The van der Waals surface area contributed by atoms with Gasteiger partial charge in [0.1, 0.15) is 5.03 Å². The van der Waals surface area contributed by atoms with E-state index in [-0.39, 0.29) is 0 Å². The highest BCUT2D eigenvalue weighted by molar-refractivity contribution is 7.98. The van der Waals surface area contributed by atoms with Crippen molar-refractivity contribution in [3.63, 3.8) is 0 Å². The second kappa shape index (κ2) is 6.93. The quantitative estimate of drug-likeness (QED) is 0.812. The van der Waals surface area contributed by atoms with Crippen molar-refractivity contribution in [1.82, 2.24) is 15.3 Å². The zero-order valence-electron chi connectivity index (χ0n) is 10.2. The molecule has 1 aliphatic rings. The van der Waals surface area contributed by atoms with Gasteiger partial charge in [0.05, 0.1) is 18.9 Å². The van der Waals surface area contributed by atoms with Gasteiger partial charge in [-0.2, -0.15) is 0 Å². The van der Waals surface area contributed by atoms with Crippen LogP contribution in [0.5, 0.6) is 0 Å². The molecule has 5 heteroatoms. The molecule has 1 aromatic heterocycles. The summed E-state index contributed by atoms with van der Waals surface area (Å²) in [7, 11) is 0. The summed E-state index contributed by atoms with van der Waals surface area (Å²) in [5.74, 6) is 0. The molecule has 1 N–H and O–H groups in total. The lowest BCUT2D eigenvalue weighted by Crippen LogP contribution is -2.37. The normalized spacial score (nSPS) is 20.4. The van der Waals surface area contributed by atoms with E-state index < -0.39 is 0 Å². The van der Waals surface area contributed by atoms with Gasteiger partial charge < -0.3 is 10.1 Å². The standard InChI is InChI=1S/C12H19N3OS/c1-17-12-11(14-6-7-15-12)9-16-8-10-4-2-3-5-13-10/h6-7,10,13H,2-5,8-9H2,1H3. The Morgan fingerprint density at radius 1 is 1.41 bits per heavy atom. The molecule has 4 nitrogen and oxygen atoms in total. The highest BCUT2D eigenvalue weighted by atomic mass is 32.2. The van der Waals surface area contributed by atoms with E-state index in [9.17, 15) is 0 Å². The van der Waals surface area contributed by atoms with Crippen molar-refractivity contribution in [3.8, 4) is 0 Å². The predicted octanol–water partition coefficient (Wildman–Crippen LogP) is 1.86. The summed E-state index contributed by atoms with van der Waals surface area (Å²) in [4.78, 5) is 8.57. The fourth-order valence-corrected chi connectivity index (χ4v) is 2.50. The first-order valence-electron chi connectivity index (χ1n) is 6.05. The van der Waals surface area contributed by atoms with E-state index >= 15 is 0 Å². The van der Waals surface area contributed by atoms with Crippen molar-refractivity contribution in [2.75, 3.05) is 19.4 Å². The van der Waals surface area contributed by atoms with Crippen LogP contribution in [0.1, 0.15) is 25.0 Å². The average molecular weight is 253 g/mol. The molecule has 1 aliphatic heterocycles. The van der Waals surface area contributed by atoms with Crippen LogP contribution in [0.25, 0.3) is 0 Å². The van der Waals surface area contributed by atoms with Crippen LogP contribution in [0, 0.1) is 0 Å². The first kappa shape index (κ1) is 12.8. The molecule has 1 atom stereocenters. The molecule has 1 fully saturated rings. The molecule has 1 saturated heterocycles. The average Bonchev–Trinajstić information content (AvgIpc) is 2.40. The van der Waals surface area contributed by atoms with Crippen molar-refractivity contribution in [1.29, 1.82) is 0 Å². The smallest absolute Gasteiger partial charge is 0.120 e. The van der Waals surface area contributed by atoms with Crippen LogP contribution in [0.15, 0.2) is 17.4 Å². The molecule has 1 aromatic rings. The summed E-state index contributed by atoms with van der Waals surface area (Å²) in [5, 5.41) is 4.43. The van der Waals surface area contributed by atoms with E-state index in [1.165, 1.54) is 19.3 Å². The number of piperidine rings is 1. The number of rotatable bonds is 5. The Hall–Kier alpha value is -0.650. The highest BCUT2D eigenvalue weighted by Gasteiger charge is 2.13. The van der Waals surface area contributed by atoms with Crippen LogP contribution >= 0.6 is 11.8 Å². The highest BCUT2D eigenvalue weighted by Crippen LogP contribution is 2.15. The fourth-order valence-electron chi connectivity index (χ4n) is 1.99. The minimum atomic E-state index is 0.512. The molecule has 0 amide bonds. The van der Waals surface area contributed by atoms with Crippen LogP contribution < -0.4 is 5.32 Å². The molecule has 0 saturated carbocycles. The van der Waals surface area contributed by atoms with Gasteiger partial charge in [-0.25, -0.2) is 4.98 Å². The van der Waals surface area contributed by atoms with Gasteiger partial charge in [0, 0.05) is 18.4 Å². The predicted molar refractivity (Wildman–Crippen MR) is 69.1 cm³/mol. The monoisotopic (exact) mass is 253 g/mol. The number of aromatic nitrogens is 2. The molecule has 0 spiro atoms. The molecule has 17 heavy (non-hydrogen) atoms. The van der Waals surface area contributed by atoms with Gasteiger partial charge in [0.2, 0.25) is 0 Å². The SMILES string of the molecule is CSc1nccnc1COCC1CCCCN1. The Balaban J connectivity index is 1.77. The number of ether oxygens (including phenoxy) is 1. The Morgan fingerprint density at radius 3 is 3.06 bits per heavy atom. The van der Waals surface area contributed by atoms with Crippen LogP contribution in [-0.4, -0.2) is 35.4 Å². The lowest BCUT2D eigenvalue weighted by atomic mass is 10.1. The molecule has 0 bridgehead atoms.